The lowest BCUT2D eigenvalue weighted by molar-refractivity contribution is -0.133. The normalized spacial score (nSPS) is 10.4. The van der Waals surface area contributed by atoms with Crippen LogP contribution in [0.3, 0.4) is 0 Å². The Bertz CT molecular complexity index is 899. The predicted molar refractivity (Wildman–Crippen MR) is 108 cm³/mol. The van der Waals surface area contributed by atoms with E-state index in [1.807, 2.05) is 66.7 Å². The van der Waals surface area contributed by atoms with E-state index in [1.165, 1.54) is 11.8 Å². The molecule has 2 N–H and O–H groups in total. The van der Waals surface area contributed by atoms with E-state index in [0.29, 0.717) is 12.4 Å². The van der Waals surface area contributed by atoms with Gasteiger partial charge in [0, 0.05) is 28.3 Å². The van der Waals surface area contributed by atoms with E-state index < -0.39 is 5.97 Å². The average molecular weight is 380 g/mol. The number of pyridine rings is 1. The molecule has 0 saturated heterocycles. The highest BCUT2D eigenvalue weighted by atomic mass is 32.2. The van der Waals surface area contributed by atoms with Gasteiger partial charge < -0.3 is 15.2 Å². The molecule has 0 aliphatic carbocycles. The van der Waals surface area contributed by atoms with E-state index in [-0.39, 0.29) is 5.75 Å². The Balaban J connectivity index is 1.66. The van der Waals surface area contributed by atoms with Crippen LogP contribution in [0.1, 0.15) is 5.56 Å². The van der Waals surface area contributed by atoms with Crippen molar-refractivity contribution in [1.82, 2.24) is 4.98 Å². The maximum absolute atomic E-state index is 10.6. The molecule has 27 heavy (non-hydrogen) atoms. The van der Waals surface area contributed by atoms with Crippen LogP contribution >= 0.6 is 11.8 Å². The summed E-state index contributed by atoms with van der Waals surface area (Å²) >= 11 is 1.30. The Morgan fingerprint density at radius 1 is 1.07 bits per heavy atom. The number of carbonyl (C=O) groups is 1. The summed E-state index contributed by atoms with van der Waals surface area (Å²) in [5.74, 6) is -0.165. The van der Waals surface area contributed by atoms with Gasteiger partial charge in [-0.25, -0.2) is 4.98 Å². The van der Waals surface area contributed by atoms with Crippen LogP contribution in [0.15, 0.2) is 71.6 Å². The second-order valence-electron chi connectivity index (χ2n) is 5.79. The van der Waals surface area contributed by atoms with Gasteiger partial charge in [-0.3, -0.25) is 4.79 Å². The monoisotopic (exact) mass is 380 g/mol. The molecule has 0 amide bonds. The highest BCUT2D eigenvalue weighted by Gasteiger charge is 2.08. The van der Waals surface area contributed by atoms with Crippen LogP contribution < -0.4 is 10.1 Å². The third kappa shape index (κ3) is 5.24. The fourth-order valence-corrected chi connectivity index (χ4v) is 3.18. The van der Waals surface area contributed by atoms with E-state index in [1.54, 1.807) is 7.11 Å². The van der Waals surface area contributed by atoms with Crippen molar-refractivity contribution >= 4 is 23.4 Å². The second-order valence-corrected chi connectivity index (χ2v) is 6.84. The lowest BCUT2D eigenvalue weighted by atomic mass is 10.1. The summed E-state index contributed by atoms with van der Waals surface area (Å²) in [6.07, 6.45) is 0. The van der Waals surface area contributed by atoms with Crippen molar-refractivity contribution in [3.8, 4) is 17.1 Å². The Morgan fingerprint density at radius 3 is 2.48 bits per heavy atom. The van der Waals surface area contributed by atoms with Gasteiger partial charge in [0.2, 0.25) is 5.88 Å². The zero-order chi connectivity index (χ0) is 19.1. The van der Waals surface area contributed by atoms with E-state index in [9.17, 15) is 4.79 Å². The van der Waals surface area contributed by atoms with E-state index in [0.717, 1.165) is 27.4 Å². The summed E-state index contributed by atoms with van der Waals surface area (Å²) in [7, 11) is 1.62. The SMILES string of the molecule is COc1nc(-c2ccccc2)ccc1CNc1ccc(SCC(=O)O)cc1. The zero-order valence-corrected chi connectivity index (χ0v) is 15.7. The van der Waals surface area contributed by atoms with Crippen molar-refractivity contribution in [2.24, 2.45) is 0 Å². The second kappa shape index (κ2) is 9.09. The van der Waals surface area contributed by atoms with Gasteiger partial charge in [-0.1, -0.05) is 30.3 Å². The number of thioether (sulfide) groups is 1. The lowest BCUT2D eigenvalue weighted by Crippen LogP contribution is -2.03. The van der Waals surface area contributed by atoms with Gasteiger partial charge in [-0.2, -0.15) is 0 Å². The number of nitrogens with zero attached hydrogens (tertiary/aromatic N) is 1. The average Bonchev–Trinajstić information content (AvgIpc) is 2.72. The Kier molecular flexibility index (Phi) is 6.33. The Morgan fingerprint density at radius 2 is 1.81 bits per heavy atom. The highest BCUT2D eigenvalue weighted by Crippen LogP contribution is 2.25. The summed E-state index contributed by atoms with van der Waals surface area (Å²) in [4.78, 5) is 16.2. The molecular weight excluding hydrogens is 360 g/mol. The van der Waals surface area contributed by atoms with Crippen LogP contribution in [0.25, 0.3) is 11.3 Å². The molecule has 0 saturated carbocycles. The number of carboxylic acid groups (broad SMARTS) is 1. The maximum atomic E-state index is 10.6. The van der Waals surface area contributed by atoms with Gasteiger partial charge in [0.05, 0.1) is 18.6 Å². The number of hydrogen-bond donors (Lipinski definition) is 2. The maximum Gasteiger partial charge on any atom is 0.313 e. The van der Waals surface area contributed by atoms with E-state index in [4.69, 9.17) is 9.84 Å². The van der Waals surface area contributed by atoms with Gasteiger partial charge in [0.25, 0.3) is 0 Å². The topological polar surface area (TPSA) is 71.5 Å². The molecule has 0 aliphatic heterocycles. The molecule has 0 bridgehead atoms. The molecule has 1 heterocycles. The smallest absolute Gasteiger partial charge is 0.313 e. The van der Waals surface area contributed by atoms with E-state index >= 15 is 0 Å². The first-order valence-electron chi connectivity index (χ1n) is 8.43. The van der Waals surface area contributed by atoms with Gasteiger partial charge in [-0.05, 0) is 36.4 Å². The molecule has 6 heteroatoms. The summed E-state index contributed by atoms with van der Waals surface area (Å²) in [6, 6.07) is 21.7. The molecular formula is C21H20N2O3S. The van der Waals surface area contributed by atoms with Crippen molar-refractivity contribution in [2.75, 3.05) is 18.2 Å². The van der Waals surface area contributed by atoms with Gasteiger partial charge >= 0.3 is 5.97 Å². The first-order valence-corrected chi connectivity index (χ1v) is 9.42. The molecule has 0 unspecified atom stereocenters. The third-order valence-electron chi connectivity index (χ3n) is 3.90. The molecule has 3 aromatic rings. The quantitative estimate of drug-likeness (QED) is 0.559. The minimum atomic E-state index is -0.819. The summed E-state index contributed by atoms with van der Waals surface area (Å²) < 4.78 is 5.46. The molecule has 138 valence electrons. The van der Waals surface area contributed by atoms with Crippen LogP contribution in [0.4, 0.5) is 5.69 Å². The summed E-state index contributed by atoms with van der Waals surface area (Å²) in [5.41, 5.74) is 3.83. The standard InChI is InChI=1S/C21H20N2O3S/c1-26-21-16(7-12-19(23-21)15-5-3-2-4-6-15)13-22-17-8-10-18(11-9-17)27-14-20(24)25/h2-12,22H,13-14H2,1H3,(H,24,25). The summed E-state index contributed by atoms with van der Waals surface area (Å²) in [6.45, 7) is 0.576. The van der Waals surface area contributed by atoms with Crippen LogP contribution in [0, 0.1) is 0 Å². The van der Waals surface area contributed by atoms with Crippen LogP contribution in [-0.2, 0) is 11.3 Å². The number of nitrogens with one attached hydrogen (secondary N) is 1. The van der Waals surface area contributed by atoms with Crippen LogP contribution in [0.2, 0.25) is 0 Å². The van der Waals surface area contributed by atoms with Gasteiger partial charge in [-0.15, -0.1) is 11.8 Å². The van der Waals surface area contributed by atoms with Crippen LogP contribution in [0.5, 0.6) is 5.88 Å². The van der Waals surface area contributed by atoms with E-state index in [2.05, 4.69) is 10.3 Å². The molecule has 0 aliphatic rings. The van der Waals surface area contributed by atoms with Crippen molar-refractivity contribution in [2.45, 2.75) is 11.4 Å². The number of aliphatic carboxylic acids is 1. The number of benzene rings is 2. The Labute approximate surface area is 162 Å². The number of ether oxygens (including phenoxy) is 1. The molecule has 1 aromatic heterocycles. The molecule has 2 aromatic carbocycles. The Hall–Kier alpha value is -2.99. The van der Waals surface area contributed by atoms with Gasteiger partial charge in [0.1, 0.15) is 0 Å². The van der Waals surface area contributed by atoms with Crippen molar-refractivity contribution in [3.05, 3.63) is 72.3 Å². The molecule has 0 spiro atoms. The first-order chi connectivity index (χ1) is 13.2. The largest absolute Gasteiger partial charge is 0.481 e. The first kappa shape index (κ1) is 18.8. The number of carboxylic acids is 1. The fraction of sp³-hybridized carbons (Fsp3) is 0.143. The highest BCUT2D eigenvalue weighted by molar-refractivity contribution is 8.00. The predicted octanol–water partition coefficient (Wildman–Crippen LogP) is 4.55. The molecule has 0 fully saturated rings. The van der Waals surface area contributed by atoms with Crippen molar-refractivity contribution in [3.63, 3.8) is 0 Å². The molecule has 3 rings (SSSR count). The number of rotatable bonds is 8. The number of methoxy groups -OCH3 is 1. The van der Waals surface area contributed by atoms with Crippen LogP contribution in [-0.4, -0.2) is 28.9 Å². The zero-order valence-electron chi connectivity index (χ0n) is 14.9. The number of anilines is 1. The minimum Gasteiger partial charge on any atom is -0.481 e. The molecule has 0 atom stereocenters. The summed E-state index contributed by atoms with van der Waals surface area (Å²) in [5, 5.41) is 12.1. The number of aromatic nitrogens is 1. The van der Waals surface area contributed by atoms with Crippen molar-refractivity contribution < 1.29 is 14.6 Å². The van der Waals surface area contributed by atoms with Gasteiger partial charge in [0.15, 0.2) is 0 Å². The number of hydrogen-bond acceptors (Lipinski definition) is 5. The third-order valence-corrected chi connectivity index (χ3v) is 4.90. The lowest BCUT2D eigenvalue weighted by Gasteiger charge is -2.12. The fourth-order valence-electron chi connectivity index (χ4n) is 2.56. The molecule has 0 radical (unpaired) electrons. The van der Waals surface area contributed by atoms with Crippen molar-refractivity contribution in [1.29, 1.82) is 0 Å². The molecule has 5 nitrogen and oxygen atoms in total. The minimum absolute atomic E-state index is 0.0589.